The van der Waals surface area contributed by atoms with Crippen molar-refractivity contribution in [2.75, 3.05) is 13.6 Å². The van der Waals surface area contributed by atoms with E-state index in [1.54, 1.807) is 5.57 Å². The predicted octanol–water partition coefficient (Wildman–Crippen LogP) is 3.45. The number of nitrogens with one attached hydrogen (secondary N) is 2. The van der Waals surface area contributed by atoms with Crippen LogP contribution in [0.4, 0.5) is 0 Å². The van der Waals surface area contributed by atoms with Crippen molar-refractivity contribution in [2.24, 2.45) is 4.99 Å². The van der Waals surface area contributed by atoms with Crippen molar-refractivity contribution in [3.05, 3.63) is 34.8 Å². The second kappa shape index (κ2) is 7.91. The molecule has 0 aromatic carbocycles. The second-order valence-corrected chi connectivity index (χ2v) is 5.65. The molecule has 0 bridgehead atoms. The van der Waals surface area contributed by atoms with Gasteiger partial charge >= 0.3 is 0 Å². The normalized spacial score (nSPS) is 15.8. The van der Waals surface area contributed by atoms with E-state index in [0.29, 0.717) is 0 Å². The van der Waals surface area contributed by atoms with Crippen LogP contribution in [0.5, 0.6) is 0 Å². The topological polar surface area (TPSA) is 49.6 Å². The van der Waals surface area contributed by atoms with Crippen molar-refractivity contribution in [3.63, 3.8) is 0 Å². The van der Waals surface area contributed by atoms with Gasteiger partial charge < -0.3 is 15.1 Å². The van der Waals surface area contributed by atoms with Gasteiger partial charge in [-0.2, -0.15) is 0 Å². The number of allylic oxidation sites excluding steroid dienone is 1. The first-order chi connectivity index (χ1) is 10.2. The monoisotopic (exact) mass is 289 g/mol. The van der Waals surface area contributed by atoms with E-state index >= 15 is 0 Å². The van der Waals surface area contributed by atoms with Crippen molar-refractivity contribution in [2.45, 2.75) is 52.5 Å². The van der Waals surface area contributed by atoms with Gasteiger partial charge in [-0.15, -0.1) is 0 Å². The van der Waals surface area contributed by atoms with Crippen LogP contribution < -0.4 is 10.6 Å². The molecule has 0 aliphatic heterocycles. The lowest BCUT2D eigenvalue weighted by atomic mass is 9.97. The van der Waals surface area contributed by atoms with Crippen LogP contribution in [-0.4, -0.2) is 19.6 Å². The van der Waals surface area contributed by atoms with Crippen LogP contribution in [0.1, 0.15) is 49.2 Å². The average Bonchev–Trinajstić information content (AvgIpc) is 2.81. The molecule has 0 saturated heterocycles. The molecule has 21 heavy (non-hydrogen) atoms. The molecule has 1 aliphatic carbocycles. The van der Waals surface area contributed by atoms with Gasteiger partial charge in [-0.05, 0) is 52.0 Å². The molecule has 0 spiro atoms. The van der Waals surface area contributed by atoms with E-state index in [9.17, 15) is 0 Å². The number of rotatable bonds is 5. The molecule has 0 unspecified atom stereocenters. The van der Waals surface area contributed by atoms with Gasteiger partial charge in [-0.25, -0.2) is 0 Å². The van der Waals surface area contributed by atoms with Crippen molar-refractivity contribution in [1.82, 2.24) is 10.6 Å². The van der Waals surface area contributed by atoms with E-state index in [2.05, 4.69) is 27.8 Å². The van der Waals surface area contributed by atoms with Crippen molar-refractivity contribution in [1.29, 1.82) is 0 Å². The molecule has 4 heteroatoms. The molecule has 1 aromatic rings. The SMILES string of the molecule is CN=C(NCCC1=CCCCC1)NCc1cc(C)oc1C. The number of furan rings is 1. The van der Waals surface area contributed by atoms with E-state index in [4.69, 9.17) is 4.42 Å². The van der Waals surface area contributed by atoms with Gasteiger partial charge in [-0.1, -0.05) is 11.6 Å². The highest BCUT2D eigenvalue weighted by atomic mass is 16.3. The molecular weight excluding hydrogens is 262 g/mol. The van der Waals surface area contributed by atoms with E-state index in [1.807, 2.05) is 20.9 Å². The largest absolute Gasteiger partial charge is 0.466 e. The Balaban J connectivity index is 1.73. The number of hydrogen-bond donors (Lipinski definition) is 2. The maximum atomic E-state index is 5.53. The first-order valence-corrected chi connectivity index (χ1v) is 7.87. The smallest absolute Gasteiger partial charge is 0.191 e. The molecule has 0 fully saturated rings. The third-order valence-electron chi connectivity index (χ3n) is 3.94. The molecule has 1 aromatic heterocycles. The lowest BCUT2D eigenvalue weighted by molar-refractivity contribution is 0.500. The molecule has 0 saturated carbocycles. The summed E-state index contributed by atoms with van der Waals surface area (Å²) >= 11 is 0. The van der Waals surface area contributed by atoms with E-state index in [1.165, 1.54) is 31.2 Å². The number of guanidine groups is 1. The number of aliphatic imine (C=N–C) groups is 1. The summed E-state index contributed by atoms with van der Waals surface area (Å²) in [5.74, 6) is 2.78. The Bertz CT molecular complexity index is 514. The molecule has 2 rings (SSSR count). The number of hydrogen-bond acceptors (Lipinski definition) is 2. The minimum absolute atomic E-state index is 0.742. The Morgan fingerprint density at radius 1 is 1.29 bits per heavy atom. The lowest BCUT2D eigenvalue weighted by Gasteiger charge is -2.15. The lowest BCUT2D eigenvalue weighted by Crippen LogP contribution is -2.37. The number of nitrogens with zero attached hydrogens (tertiary/aromatic N) is 1. The zero-order valence-electron chi connectivity index (χ0n) is 13.5. The Kier molecular flexibility index (Phi) is 5.90. The van der Waals surface area contributed by atoms with Crippen LogP contribution in [0, 0.1) is 13.8 Å². The summed E-state index contributed by atoms with van der Waals surface area (Å²) in [5.41, 5.74) is 2.77. The van der Waals surface area contributed by atoms with Gasteiger partial charge in [-0.3, -0.25) is 4.99 Å². The first kappa shape index (κ1) is 15.7. The molecule has 0 amide bonds. The van der Waals surface area contributed by atoms with Crippen LogP contribution in [0.15, 0.2) is 27.1 Å². The quantitative estimate of drug-likeness (QED) is 0.496. The Morgan fingerprint density at radius 3 is 2.76 bits per heavy atom. The highest BCUT2D eigenvalue weighted by Crippen LogP contribution is 2.19. The second-order valence-electron chi connectivity index (χ2n) is 5.65. The Hall–Kier alpha value is -1.71. The van der Waals surface area contributed by atoms with E-state index in [-0.39, 0.29) is 0 Å². The van der Waals surface area contributed by atoms with Gasteiger partial charge in [0.05, 0.1) is 0 Å². The van der Waals surface area contributed by atoms with Crippen LogP contribution in [0.25, 0.3) is 0 Å². The summed E-state index contributed by atoms with van der Waals surface area (Å²) in [6.07, 6.45) is 8.73. The van der Waals surface area contributed by atoms with Crippen molar-refractivity contribution < 1.29 is 4.42 Å². The number of aryl methyl sites for hydroxylation is 2. The summed E-state index contributed by atoms with van der Waals surface area (Å²) < 4.78 is 5.53. The molecule has 0 radical (unpaired) electrons. The molecule has 1 aliphatic rings. The van der Waals surface area contributed by atoms with Gasteiger partial charge in [0, 0.05) is 25.7 Å². The summed E-state index contributed by atoms with van der Waals surface area (Å²) in [6, 6.07) is 2.07. The Labute approximate surface area is 127 Å². The molecule has 116 valence electrons. The van der Waals surface area contributed by atoms with Gasteiger partial charge in [0.25, 0.3) is 0 Å². The zero-order valence-corrected chi connectivity index (χ0v) is 13.5. The van der Waals surface area contributed by atoms with E-state index < -0.39 is 0 Å². The summed E-state index contributed by atoms with van der Waals surface area (Å²) in [7, 11) is 1.81. The van der Waals surface area contributed by atoms with Gasteiger partial charge in [0.1, 0.15) is 11.5 Å². The highest BCUT2D eigenvalue weighted by Gasteiger charge is 2.06. The predicted molar refractivity (Wildman–Crippen MR) is 87.6 cm³/mol. The summed E-state index contributed by atoms with van der Waals surface area (Å²) in [6.45, 7) is 5.65. The molecular formula is C17H27N3O. The van der Waals surface area contributed by atoms with Crippen LogP contribution in [0.2, 0.25) is 0 Å². The highest BCUT2D eigenvalue weighted by molar-refractivity contribution is 5.79. The van der Waals surface area contributed by atoms with Crippen molar-refractivity contribution >= 4 is 5.96 Å². The zero-order chi connectivity index (χ0) is 15.1. The maximum absolute atomic E-state index is 5.53. The Morgan fingerprint density at radius 2 is 2.14 bits per heavy atom. The van der Waals surface area contributed by atoms with E-state index in [0.717, 1.165) is 37.0 Å². The van der Waals surface area contributed by atoms with Crippen LogP contribution in [0.3, 0.4) is 0 Å². The average molecular weight is 289 g/mol. The fourth-order valence-electron chi connectivity index (χ4n) is 2.73. The fourth-order valence-corrected chi connectivity index (χ4v) is 2.73. The van der Waals surface area contributed by atoms with Crippen LogP contribution >= 0.6 is 0 Å². The van der Waals surface area contributed by atoms with Gasteiger partial charge in [0.2, 0.25) is 0 Å². The molecule has 2 N–H and O–H groups in total. The third-order valence-corrected chi connectivity index (χ3v) is 3.94. The minimum Gasteiger partial charge on any atom is -0.466 e. The fraction of sp³-hybridized carbons (Fsp3) is 0.588. The third kappa shape index (κ3) is 4.96. The maximum Gasteiger partial charge on any atom is 0.191 e. The molecule has 0 atom stereocenters. The molecule has 4 nitrogen and oxygen atoms in total. The van der Waals surface area contributed by atoms with Gasteiger partial charge in [0.15, 0.2) is 5.96 Å². The summed E-state index contributed by atoms with van der Waals surface area (Å²) in [4.78, 5) is 4.27. The minimum atomic E-state index is 0.742. The first-order valence-electron chi connectivity index (χ1n) is 7.87. The summed E-state index contributed by atoms with van der Waals surface area (Å²) in [5, 5.41) is 6.72. The molecule has 1 heterocycles. The van der Waals surface area contributed by atoms with Crippen molar-refractivity contribution in [3.8, 4) is 0 Å². The standard InChI is InChI=1S/C17H27N3O/c1-13-11-16(14(2)21-13)12-20-17(18-3)19-10-9-15-7-5-4-6-8-15/h7,11H,4-6,8-10,12H2,1-3H3,(H2,18,19,20). The van der Waals surface area contributed by atoms with Crippen LogP contribution in [-0.2, 0) is 6.54 Å².